The number of carbonyl (C=O) groups excluding carboxylic acids is 1. The molecule has 4 nitrogen and oxygen atoms in total. The molecule has 0 aliphatic carbocycles. The van der Waals surface area contributed by atoms with Gasteiger partial charge in [0.25, 0.3) is 5.91 Å². The van der Waals surface area contributed by atoms with Crippen LogP contribution >= 0.6 is 0 Å². The summed E-state index contributed by atoms with van der Waals surface area (Å²) in [7, 11) is 0. The number of carbonyl (C=O) groups is 1. The van der Waals surface area contributed by atoms with E-state index >= 15 is 0 Å². The summed E-state index contributed by atoms with van der Waals surface area (Å²) >= 11 is 0. The van der Waals surface area contributed by atoms with E-state index in [1.54, 1.807) is 4.90 Å². The van der Waals surface area contributed by atoms with Gasteiger partial charge in [0.2, 0.25) is 0 Å². The first kappa shape index (κ1) is 13.7. The Kier molecular flexibility index (Phi) is 3.45. The van der Waals surface area contributed by atoms with Gasteiger partial charge in [-0.2, -0.15) is 0 Å². The van der Waals surface area contributed by atoms with Crippen LogP contribution in [0.1, 0.15) is 24.2 Å². The fourth-order valence-corrected chi connectivity index (χ4v) is 2.19. The molecule has 0 aromatic heterocycles. The smallest absolute Gasteiger partial charge is 0.254 e. The van der Waals surface area contributed by atoms with Crippen molar-refractivity contribution >= 4 is 5.91 Å². The second-order valence-electron chi connectivity index (χ2n) is 5.33. The molecule has 1 heterocycles. The monoisotopic (exact) mass is 270 g/mol. The van der Waals surface area contributed by atoms with Crippen molar-refractivity contribution in [2.45, 2.75) is 19.4 Å². The van der Waals surface area contributed by atoms with E-state index in [9.17, 15) is 13.6 Å². The van der Waals surface area contributed by atoms with Gasteiger partial charge in [-0.3, -0.25) is 4.79 Å². The molecule has 1 amide bonds. The van der Waals surface area contributed by atoms with E-state index in [2.05, 4.69) is 5.32 Å². The molecule has 2 N–H and O–H groups in total. The molecule has 1 aliphatic rings. The van der Waals surface area contributed by atoms with E-state index in [4.69, 9.17) is 5.11 Å². The van der Waals surface area contributed by atoms with Crippen LogP contribution in [0, 0.1) is 11.6 Å². The lowest BCUT2D eigenvalue weighted by molar-refractivity contribution is 0.0651. The van der Waals surface area contributed by atoms with Gasteiger partial charge < -0.3 is 15.3 Å². The van der Waals surface area contributed by atoms with E-state index in [1.165, 1.54) is 0 Å². The van der Waals surface area contributed by atoms with Gasteiger partial charge >= 0.3 is 0 Å². The number of halogens is 2. The second-order valence-corrected chi connectivity index (χ2v) is 5.33. The quantitative estimate of drug-likeness (QED) is 0.813. The zero-order chi connectivity index (χ0) is 14.2. The number of nitrogens with zero attached hydrogens (tertiary/aromatic N) is 1. The lowest BCUT2D eigenvalue weighted by Gasteiger charge is -2.39. The highest BCUT2D eigenvalue weighted by Gasteiger charge is 2.29. The number of benzene rings is 1. The maximum absolute atomic E-state index is 13.2. The highest BCUT2D eigenvalue weighted by molar-refractivity contribution is 5.94. The molecular formula is C13H16F2N2O2. The first-order valence-corrected chi connectivity index (χ1v) is 6.02. The third kappa shape index (κ3) is 2.84. The molecule has 0 unspecified atom stereocenters. The minimum absolute atomic E-state index is 0.0921. The number of aromatic hydroxyl groups is 1. The number of piperazine rings is 1. The van der Waals surface area contributed by atoms with Gasteiger partial charge in [-0.25, -0.2) is 8.78 Å². The van der Waals surface area contributed by atoms with Crippen LogP contribution in [-0.2, 0) is 0 Å². The van der Waals surface area contributed by atoms with Crippen LogP contribution in [-0.4, -0.2) is 41.1 Å². The number of rotatable bonds is 1. The summed E-state index contributed by atoms with van der Waals surface area (Å²) < 4.78 is 26.5. The SMILES string of the molecule is CC1(C)CN(C(=O)c2cc(F)c(O)c(F)c2)CCN1. The van der Waals surface area contributed by atoms with Crippen molar-refractivity contribution in [1.82, 2.24) is 10.2 Å². The lowest BCUT2D eigenvalue weighted by Crippen LogP contribution is -2.58. The zero-order valence-electron chi connectivity index (χ0n) is 10.8. The lowest BCUT2D eigenvalue weighted by atomic mass is 10.0. The van der Waals surface area contributed by atoms with Crippen molar-refractivity contribution in [2.75, 3.05) is 19.6 Å². The van der Waals surface area contributed by atoms with Crippen LogP contribution in [0.25, 0.3) is 0 Å². The number of phenols is 1. The van der Waals surface area contributed by atoms with Gasteiger partial charge in [0.1, 0.15) is 0 Å². The van der Waals surface area contributed by atoms with Crippen molar-refractivity contribution in [3.8, 4) is 5.75 Å². The maximum atomic E-state index is 13.2. The number of nitrogens with one attached hydrogen (secondary N) is 1. The summed E-state index contributed by atoms with van der Waals surface area (Å²) in [4.78, 5) is 13.7. The molecular weight excluding hydrogens is 254 g/mol. The van der Waals surface area contributed by atoms with Crippen LogP contribution in [0.15, 0.2) is 12.1 Å². The third-order valence-corrected chi connectivity index (χ3v) is 3.12. The van der Waals surface area contributed by atoms with Gasteiger partial charge in [-0.1, -0.05) is 0 Å². The van der Waals surface area contributed by atoms with Gasteiger partial charge in [-0.15, -0.1) is 0 Å². The molecule has 0 atom stereocenters. The van der Waals surface area contributed by atoms with Crippen LogP contribution in [0.3, 0.4) is 0 Å². The van der Waals surface area contributed by atoms with Crippen molar-refractivity contribution in [3.05, 3.63) is 29.3 Å². The molecule has 2 rings (SSSR count). The topological polar surface area (TPSA) is 52.6 Å². The summed E-state index contributed by atoms with van der Waals surface area (Å²) in [5, 5.41) is 12.3. The summed E-state index contributed by atoms with van der Waals surface area (Å²) in [5.41, 5.74) is -0.326. The first-order valence-electron chi connectivity index (χ1n) is 6.02. The first-order chi connectivity index (χ1) is 8.80. The fraction of sp³-hybridized carbons (Fsp3) is 0.462. The average Bonchev–Trinajstić information content (AvgIpc) is 2.33. The number of amides is 1. The van der Waals surface area contributed by atoms with Crippen molar-refractivity contribution in [3.63, 3.8) is 0 Å². The van der Waals surface area contributed by atoms with E-state index in [1.807, 2.05) is 13.8 Å². The second kappa shape index (κ2) is 4.77. The molecule has 104 valence electrons. The van der Waals surface area contributed by atoms with Gasteiger partial charge in [-0.05, 0) is 26.0 Å². The van der Waals surface area contributed by atoms with Crippen LogP contribution in [0.4, 0.5) is 8.78 Å². The Morgan fingerprint density at radius 1 is 1.37 bits per heavy atom. The van der Waals surface area contributed by atoms with E-state index in [0.29, 0.717) is 19.6 Å². The predicted octanol–water partition coefficient (Wildman–Crippen LogP) is 1.49. The molecule has 6 heteroatoms. The number of phenolic OH excluding ortho intramolecular Hbond substituents is 1. The summed E-state index contributed by atoms with van der Waals surface area (Å²) in [6.45, 7) is 5.46. The molecule has 1 aliphatic heterocycles. The zero-order valence-corrected chi connectivity index (χ0v) is 10.8. The molecule has 0 spiro atoms. The van der Waals surface area contributed by atoms with Crippen LogP contribution < -0.4 is 5.32 Å². The highest BCUT2D eigenvalue weighted by atomic mass is 19.1. The normalized spacial score (nSPS) is 18.4. The van der Waals surface area contributed by atoms with E-state index < -0.39 is 23.3 Å². The fourth-order valence-electron chi connectivity index (χ4n) is 2.19. The Labute approximate surface area is 110 Å². The molecule has 19 heavy (non-hydrogen) atoms. The highest BCUT2D eigenvalue weighted by Crippen LogP contribution is 2.23. The van der Waals surface area contributed by atoms with Gasteiger partial charge in [0, 0.05) is 30.7 Å². The molecule has 0 saturated carbocycles. The number of hydrogen-bond acceptors (Lipinski definition) is 3. The average molecular weight is 270 g/mol. The van der Waals surface area contributed by atoms with Crippen molar-refractivity contribution < 1.29 is 18.7 Å². The molecule has 1 saturated heterocycles. The largest absolute Gasteiger partial charge is 0.503 e. The van der Waals surface area contributed by atoms with Gasteiger partial charge in [0.15, 0.2) is 17.4 Å². The van der Waals surface area contributed by atoms with E-state index in [-0.39, 0.29) is 11.1 Å². The van der Waals surface area contributed by atoms with Gasteiger partial charge in [0.05, 0.1) is 0 Å². The van der Waals surface area contributed by atoms with Crippen LogP contribution in [0.5, 0.6) is 5.75 Å². The van der Waals surface area contributed by atoms with Crippen molar-refractivity contribution in [1.29, 1.82) is 0 Å². The maximum Gasteiger partial charge on any atom is 0.254 e. The number of hydrogen-bond donors (Lipinski definition) is 2. The standard InChI is InChI=1S/C13H16F2N2O2/c1-13(2)7-17(4-3-16-13)12(19)8-5-9(14)11(18)10(15)6-8/h5-6,16,18H,3-4,7H2,1-2H3. The Hall–Kier alpha value is -1.69. The summed E-state index contributed by atoms with van der Waals surface area (Å²) in [6.07, 6.45) is 0. The molecule has 0 radical (unpaired) electrons. The Morgan fingerprint density at radius 2 is 1.95 bits per heavy atom. The Balaban J connectivity index is 2.25. The predicted molar refractivity (Wildman–Crippen MR) is 66.0 cm³/mol. The molecule has 1 aromatic rings. The third-order valence-electron chi connectivity index (χ3n) is 3.12. The minimum atomic E-state index is -1.13. The Bertz CT molecular complexity index is 494. The van der Waals surface area contributed by atoms with Crippen molar-refractivity contribution in [2.24, 2.45) is 0 Å². The minimum Gasteiger partial charge on any atom is -0.503 e. The Morgan fingerprint density at radius 3 is 2.47 bits per heavy atom. The molecule has 1 aromatic carbocycles. The van der Waals surface area contributed by atoms with E-state index in [0.717, 1.165) is 12.1 Å². The summed E-state index contributed by atoms with van der Waals surface area (Å²) in [5.74, 6) is -3.75. The molecule has 1 fully saturated rings. The van der Waals surface area contributed by atoms with Crippen LogP contribution in [0.2, 0.25) is 0 Å². The summed E-state index contributed by atoms with van der Waals surface area (Å²) in [6, 6.07) is 1.71. The molecule has 0 bridgehead atoms.